The van der Waals surface area contributed by atoms with E-state index >= 15 is 0 Å². The van der Waals surface area contributed by atoms with Crippen molar-refractivity contribution in [2.45, 2.75) is 12.8 Å². The summed E-state index contributed by atoms with van der Waals surface area (Å²) < 4.78 is 0.671. The Bertz CT molecular complexity index is 691. The van der Waals surface area contributed by atoms with Gasteiger partial charge in [0, 0.05) is 18.3 Å². The molecular formula is C14H12BrN3O3. The third-order valence-corrected chi connectivity index (χ3v) is 3.61. The van der Waals surface area contributed by atoms with Gasteiger partial charge < -0.3 is 5.32 Å². The van der Waals surface area contributed by atoms with Gasteiger partial charge in [0.25, 0.3) is 5.69 Å². The van der Waals surface area contributed by atoms with Gasteiger partial charge in [0.05, 0.1) is 15.3 Å². The van der Waals surface area contributed by atoms with Crippen molar-refractivity contribution < 1.29 is 9.72 Å². The number of rotatable bonds is 4. The third kappa shape index (κ3) is 3.63. The molecule has 0 saturated heterocycles. The summed E-state index contributed by atoms with van der Waals surface area (Å²) in [7, 11) is 0. The molecule has 1 N–H and O–H groups in total. The maximum absolute atomic E-state index is 12.2. The molecule has 1 heterocycles. The van der Waals surface area contributed by atoms with Crippen LogP contribution in [0.15, 0.2) is 47.1 Å². The number of nitro benzene ring substituents is 1. The molecule has 0 saturated carbocycles. The lowest BCUT2D eigenvalue weighted by molar-refractivity contribution is -0.384. The predicted molar refractivity (Wildman–Crippen MR) is 82.1 cm³/mol. The first kappa shape index (κ1) is 15.1. The van der Waals surface area contributed by atoms with E-state index in [-0.39, 0.29) is 11.6 Å². The number of pyridine rings is 1. The average molecular weight is 350 g/mol. The lowest BCUT2D eigenvalue weighted by Crippen LogP contribution is -2.19. The van der Waals surface area contributed by atoms with E-state index in [0.29, 0.717) is 15.9 Å². The molecule has 2 rings (SSSR count). The van der Waals surface area contributed by atoms with Gasteiger partial charge in [-0.05, 0) is 40.5 Å². The Morgan fingerprint density at radius 1 is 1.38 bits per heavy atom. The van der Waals surface area contributed by atoms with Gasteiger partial charge in [-0.2, -0.15) is 0 Å². The first-order valence-corrected chi connectivity index (χ1v) is 6.94. The Labute approximate surface area is 129 Å². The number of nitrogens with zero attached hydrogens (tertiary/aromatic N) is 2. The van der Waals surface area contributed by atoms with Crippen molar-refractivity contribution in [1.82, 2.24) is 4.98 Å². The van der Waals surface area contributed by atoms with Gasteiger partial charge in [0.1, 0.15) is 5.82 Å². The first-order chi connectivity index (χ1) is 9.99. The van der Waals surface area contributed by atoms with Gasteiger partial charge >= 0.3 is 0 Å². The van der Waals surface area contributed by atoms with Gasteiger partial charge in [-0.1, -0.05) is 12.1 Å². The topological polar surface area (TPSA) is 85.1 Å². The minimum Gasteiger partial charge on any atom is -0.309 e. The molecule has 6 nitrogen and oxygen atoms in total. The van der Waals surface area contributed by atoms with E-state index in [1.807, 2.05) is 0 Å². The number of anilines is 1. The summed E-state index contributed by atoms with van der Waals surface area (Å²) >= 11 is 3.29. The quantitative estimate of drug-likeness (QED) is 0.676. The molecule has 1 unspecified atom stereocenters. The number of carbonyl (C=O) groups is 1. The van der Waals surface area contributed by atoms with Crippen molar-refractivity contribution in [3.8, 4) is 0 Å². The number of amides is 1. The minimum absolute atomic E-state index is 0.0360. The fraction of sp³-hybridized carbons (Fsp3) is 0.143. The van der Waals surface area contributed by atoms with Crippen LogP contribution < -0.4 is 5.32 Å². The zero-order valence-electron chi connectivity index (χ0n) is 11.1. The molecule has 1 aromatic heterocycles. The van der Waals surface area contributed by atoms with E-state index in [0.717, 1.165) is 0 Å². The van der Waals surface area contributed by atoms with Crippen molar-refractivity contribution in [3.05, 3.63) is 62.7 Å². The van der Waals surface area contributed by atoms with Crippen LogP contribution in [0.3, 0.4) is 0 Å². The summed E-state index contributed by atoms with van der Waals surface area (Å²) in [6.07, 6.45) is 1.57. The summed E-state index contributed by atoms with van der Waals surface area (Å²) in [5, 5.41) is 13.5. The van der Waals surface area contributed by atoms with E-state index in [9.17, 15) is 14.9 Å². The molecular weight excluding hydrogens is 338 g/mol. The number of hydrogen-bond donors (Lipinski definition) is 1. The molecule has 1 atom stereocenters. The van der Waals surface area contributed by atoms with Crippen molar-refractivity contribution in [3.63, 3.8) is 0 Å². The number of aromatic nitrogens is 1. The molecule has 108 valence electrons. The van der Waals surface area contributed by atoms with Crippen LogP contribution in [-0.4, -0.2) is 15.8 Å². The van der Waals surface area contributed by atoms with Crippen molar-refractivity contribution in [1.29, 1.82) is 0 Å². The second kappa shape index (κ2) is 6.45. The minimum atomic E-state index is -0.529. The van der Waals surface area contributed by atoms with E-state index in [1.165, 1.54) is 12.1 Å². The van der Waals surface area contributed by atoms with Crippen molar-refractivity contribution >= 4 is 33.3 Å². The van der Waals surface area contributed by atoms with Crippen molar-refractivity contribution in [2.24, 2.45) is 0 Å². The highest BCUT2D eigenvalue weighted by Gasteiger charge is 2.18. The van der Waals surface area contributed by atoms with Gasteiger partial charge in [0.15, 0.2) is 0 Å². The molecule has 21 heavy (non-hydrogen) atoms. The maximum atomic E-state index is 12.2. The molecule has 0 aliphatic heterocycles. The molecule has 0 spiro atoms. The fourth-order valence-corrected chi connectivity index (χ4v) is 2.12. The zero-order valence-corrected chi connectivity index (χ0v) is 12.7. The van der Waals surface area contributed by atoms with Crippen LogP contribution in [-0.2, 0) is 4.79 Å². The Balaban J connectivity index is 2.18. The van der Waals surface area contributed by atoms with Crippen LogP contribution in [0.5, 0.6) is 0 Å². The zero-order chi connectivity index (χ0) is 15.4. The van der Waals surface area contributed by atoms with Crippen LogP contribution in [0, 0.1) is 10.1 Å². The molecule has 0 fully saturated rings. The summed E-state index contributed by atoms with van der Waals surface area (Å²) in [6, 6.07) is 9.55. The number of benzene rings is 1. The Morgan fingerprint density at radius 2 is 2.14 bits per heavy atom. The Hall–Kier alpha value is -2.28. The number of non-ortho nitro benzene ring substituents is 1. The van der Waals surface area contributed by atoms with E-state index < -0.39 is 10.8 Å². The number of halogens is 1. The highest BCUT2D eigenvalue weighted by Crippen LogP contribution is 2.24. The standard InChI is InChI=1S/C14H12BrN3O3/c1-9(10-4-2-5-11(8-10)18(20)21)14(19)17-13-12(15)6-3-7-16-13/h2-9H,1H3,(H,16,17,19). The lowest BCUT2D eigenvalue weighted by atomic mass is 10.00. The third-order valence-electron chi connectivity index (χ3n) is 2.97. The van der Waals surface area contributed by atoms with Crippen LogP contribution in [0.1, 0.15) is 18.4 Å². The van der Waals surface area contributed by atoms with E-state index in [4.69, 9.17) is 0 Å². The van der Waals surface area contributed by atoms with Gasteiger partial charge in [-0.15, -0.1) is 0 Å². The van der Waals surface area contributed by atoms with Crippen LogP contribution in [0.4, 0.5) is 11.5 Å². The van der Waals surface area contributed by atoms with E-state index in [1.54, 1.807) is 37.4 Å². The van der Waals surface area contributed by atoms with Crippen LogP contribution in [0.2, 0.25) is 0 Å². The lowest BCUT2D eigenvalue weighted by Gasteiger charge is -2.12. The van der Waals surface area contributed by atoms with E-state index in [2.05, 4.69) is 26.2 Å². The molecule has 7 heteroatoms. The predicted octanol–water partition coefficient (Wildman–Crippen LogP) is 3.49. The second-order valence-corrected chi connectivity index (χ2v) is 5.25. The normalized spacial score (nSPS) is 11.7. The second-order valence-electron chi connectivity index (χ2n) is 4.40. The monoisotopic (exact) mass is 349 g/mol. The average Bonchev–Trinajstić information content (AvgIpc) is 2.49. The molecule has 0 aliphatic carbocycles. The van der Waals surface area contributed by atoms with Crippen LogP contribution in [0.25, 0.3) is 0 Å². The highest BCUT2D eigenvalue weighted by atomic mass is 79.9. The first-order valence-electron chi connectivity index (χ1n) is 6.15. The number of nitrogens with one attached hydrogen (secondary N) is 1. The number of nitro groups is 1. The fourth-order valence-electron chi connectivity index (χ4n) is 1.76. The summed E-state index contributed by atoms with van der Waals surface area (Å²) in [5.74, 6) is -0.395. The summed E-state index contributed by atoms with van der Waals surface area (Å²) in [6.45, 7) is 1.69. The van der Waals surface area contributed by atoms with Gasteiger partial charge in [0.2, 0.25) is 5.91 Å². The molecule has 0 aliphatic rings. The smallest absolute Gasteiger partial charge is 0.269 e. The van der Waals surface area contributed by atoms with Gasteiger partial charge in [-0.25, -0.2) is 4.98 Å². The number of hydrogen-bond acceptors (Lipinski definition) is 4. The van der Waals surface area contributed by atoms with Crippen molar-refractivity contribution in [2.75, 3.05) is 5.32 Å². The summed E-state index contributed by atoms with van der Waals surface area (Å²) in [5.41, 5.74) is 0.542. The maximum Gasteiger partial charge on any atom is 0.269 e. The Morgan fingerprint density at radius 3 is 2.81 bits per heavy atom. The molecule has 0 radical (unpaired) electrons. The molecule has 1 aromatic carbocycles. The summed E-state index contributed by atoms with van der Waals surface area (Å²) in [4.78, 5) is 26.5. The molecule has 2 aromatic rings. The van der Waals surface area contributed by atoms with Gasteiger partial charge in [-0.3, -0.25) is 14.9 Å². The molecule has 1 amide bonds. The Kier molecular flexibility index (Phi) is 4.64. The SMILES string of the molecule is CC(C(=O)Nc1ncccc1Br)c1cccc([N+](=O)[O-])c1. The largest absolute Gasteiger partial charge is 0.309 e. The highest BCUT2D eigenvalue weighted by molar-refractivity contribution is 9.10. The van der Waals surface area contributed by atoms with Crippen LogP contribution >= 0.6 is 15.9 Å². The molecule has 0 bridgehead atoms. The number of carbonyl (C=O) groups excluding carboxylic acids is 1.